The fourth-order valence-electron chi connectivity index (χ4n) is 1.76. The molecule has 2 rings (SSSR count). The number of alkyl halides is 3. The van der Waals surface area contributed by atoms with E-state index in [-0.39, 0.29) is 12.6 Å². The van der Waals surface area contributed by atoms with Crippen molar-refractivity contribution >= 4 is 5.69 Å². The topological polar surface area (TPSA) is 42.1 Å². The number of anilines is 1. The maximum atomic E-state index is 12.4. The van der Waals surface area contributed by atoms with Crippen molar-refractivity contribution in [1.82, 2.24) is 9.88 Å². The van der Waals surface area contributed by atoms with Crippen LogP contribution in [-0.2, 0) is 6.54 Å². The highest BCUT2D eigenvalue weighted by molar-refractivity contribution is 5.41. The van der Waals surface area contributed by atoms with Gasteiger partial charge >= 0.3 is 6.18 Å². The SMILES string of the molecule is Nc1cccnc1CN(CC(F)(F)F)C1CC1. The van der Waals surface area contributed by atoms with Crippen molar-refractivity contribution in [3.63, 3.8) is 0 Å². The zero-order valence-electron chi connectivity index (χ0n) is 9.24. The summed E-state index contributed by atoms with van der Waals surface area (Å²) in [5.74, 6) is 0. The average molecular weight is 245 g/mol. The van der Waals surface area contributed by atoms with E-state index in [9.17, 15) is 13.2 Å². The quantitative estimate of drug-likeness (QED) is 0.884. The molecule has 94 valence electrons. The molecule has 0 atom stereocenters. The van der Waals surface area contributed by atoms with Crippen molar-refractivity contribution in [2.24, 2.45) is 0 Å². The Labute approximate surface area is 97.4 Å². The van der Waals surface area contributed by atoms with Crippen LogP contribution in [0, 0.1) is 0 Å². The summed E-state index contributed by atoms with van der Waals surface area (Å²) in [7, 11) is 0. The fraction of sp³-hybridized carbons (Fsp3) is 0.545. The van der Waals surface area contributed by atoms with Gasteiger partial charge < -0.3 is 5.73 Å². The number of nitrogens with two attached hydrogens (primary N) is 1. The molecule has 0 aliphatic heterocycles. The molecule has 0 unspecified atom stereocenters. The van der Waals surface area contributed by atoms with Crippen LogP contribution in [0.4, 0.5) is 18.9 Å². The number of aromatic nitrogens is 1. The number of hydrogen-bond donors (Lipinski definition) is 1. The van der Waals surface area contributed by atoms with Crippen molar-refractivity contribution in [1.29, 1.82) is 0 Å². The summed E-state index contributed by atoms with van der Waals surface area (Å²) in [5.41, 5.74) is 6.64. The van der Waals surface area contributed by atoms with Gasteiger partial charge in [0.05, 0.1) is 17.9 Å². The lowest BCUT2D eigenvalue weighted by Gasteiger charge is -2.23. The highest BCUT2D eigenvalue weighted by atomic mass is 19.4. The summed E-state index contributed by atoms with van der Waals surface area (Å²) in [6, 6.07) is 3.35. The van der Waals surface area contributed by atoms with E-state index in [0.717, 1.165) is 12.8 Å². The van der Waals surface area contributed by atoms with Gasteiger partial charge in [0.25, 0.3) is 0 Å². The average Bonchev–Trinajstić information content (AvgIpc) is 3.01. The minimum atomic E-state index is -4.17. The van der Waals surface area contributed by atoms with Gasteiger partial charge in [-0.2, -0.15) is 13.2 Å². The van der Waals surface area contributed by atoms with E-state index in [4.69, 9.17) is 5.73 Å². The van der Waals surface area contributed by atoms with Crippen LogP contribution in [-0.4, -0.2) is 28.6 Å². The van der Waals surface area contributed by atoms with Crippen LogP contribution in [0.2, 0.25) is 0 Å². The molecule has 1 aliphatic rings. The monoisotopic (exact) mass is 245 g/mol. The highest BCUT2D eigenvalue weighted by Crippen LogP contribution is 2.31. The molecule has 2 N–H and O–H groups in total. The van der Waals surface area contributed by atoms with Crippen molar-refractivity contribution in [2.45, 2.75) is 31.6 Å². The van der Waals surface area contributed by atoms with E-state index in [1.165, 1.54) is 4.90 Å². The molecule has 0 aromatic carbocycles. The molecule has 0 saturated heterocycles. The molecule has 1 aromatic heterocycles. The second-order valence-corrected chi connectivity index (χ2v) is 4.29. The van der Waals surface area contributed by atoms with Crippen molar-refractivity contribution in [3.8, 4) is 0 Å². The maximum absolute atomic E-state index is 12.4. The summed E-state index contributed by atoms with van der Waals surface area (Å²) < 4.78 is 37.2. The standard InChI is InChI=1S/C11H14F3N3/c12-11(13,14)7-17(8-3-4-8)6-10-9(15)2-1-5-16-10/h1-2,5,8H,3-4,6-7,15H2. The Hall–Kier alpha value is -1.30. The summed E-state index contributed by atoms with van der Waals surface area (Å²) >= 11 is 0. The van der Waals surface area contributed by atoms with E-state index in [1.54, 1.807) is 18.3 Å². The van der Waals surface area contributed by atoms with Gasteiger partial charge in [-0.3, -0.25) is 9.88 Å². The van der Waals surface area contributed by atoms with Crippen LogP contribution in [0.25, 0.3) is 0 Å². The zero-order chi connectivity index (χ0) is 12.5. The fourth-order valence-corrected chi connectivity index (χ4v) is 1.76. The Kier molecular flexibility index (Phi) is 3.24. The molecule has 1 aromatic rings. The molecule has 0 radical (unpaired) electrons. The molecular formula is C11H14F3N3. The largest absolute Gasteiger partial charge is 0.401 e. The Morgan fingerprint density at radius 1 is 1.41 bits per heavy atom. The van der Waals surface area contributed by atoms with Crippen LogP contribution in [0.1, 0.15) is 18.5 Å². The molecule has 1 aliphatic carbocycles. The van der Waals surface area contributed by atoms with Crippen LogP contribution in [0.15, 0.2) is 18.3 Å². The minimum Gasteiger partial charge on any atom is -0.397 e. The first kappa shape index (κ1) is 12.2. The first-order valence-electron chi connectivity index (χ1n) is 5.46. The molecule has 0 bridgehead atoms. The number of pyridine rings is 1. The Morgan fingerprint density at radius 2 is 2.12 bits per heavy atom. The maximum Gasteiger partial charge on any atom is 0.401 e. The molecule has 1 fully saturated rings. The third-order valence-electron chi connectivity index (χ3n) is 2.72. The Bertz CT molecular complexity index is 388. The van der Waals surface area contributed by atoms with Gasteiger partial charge in [-0.15, -0.1) is 0 Å². The normalized spacial score (nSPS) is 16.5. The second-order valence-electron chi connectivity index (χ2n) is 4.29. The lowest BCUT2D eigenvalue weighted by Crippen LogP contribution is -2.35. The Morgan fingerprint density at radius 3 is 2.65 bits per heavy atom. The first-order valence-corrected chi connectivity index (χ1v) is 5.46. The van der Waals surface area contributed by atoms with E-state index in [1.807, 2.05) is 0 Å². The van der Waals surface area contributed by atoms with Crippen molar-refractivity contribution in [2.75, 3.05) is 12.3 Å². The third-order valence-corrected chi connectivity index (χ3v) is 2.72. The molecule has 0 spiro atoms. The lowest BCUT2D eigenvalue weighted by atomic mass is 10.2. The number of rotatable bonds is 4. The first-order chi connectivity index (χ1) is 7.96. The summed E-state index contributed by atoms with van der Waals surface area (Å²) in [4.78, 5) is 5.43. The van der Waals surface area contributed by atoms with E-state index in [0.29, 0.717) is 11.4 Å². The summed E-state index contributed by atoms with van der Waals surface area (Å²) in [5, 5.41) is 0. The van der Waals surface area contributed by atoms with Gasteiger partial charge in [0, 0.05) is 18.8 Å². The highest BCUT2D eigenvalue weighted by Gasteiger charge is 2.38. The number of hydrogen-bond acceptors (Lipinski definition) is 3. The predicted octanol–water partition coefficient (Wildman–Crippen LogP) is 2.19. The van der Waals surface area contributed by atoms with Crippen molar-refractivity contribution < 1.29 is 13.2 Å². The molecule has 0 amide bonds. The molecule has 17 heavy (non-hydrogen) atoms. The van der Waals surface area contributed by atoms with Gasteiger partial charge in [-0.1, -0.05) is 0 Å². The molecule has 1 heterocycles. The number of nitrogen functional groups attached to an aromatic ring is 1. The van der Waals surface area contributed by atoms with Crippen LogP contribution in [0.5, 0.6) is 0 Å². The van der Waals surface area contributed by atoms with Crippen LogP contribution >= 0.6 is 0 Å². The minimum absolute atomic E-state index is 0.0260. The van der Waals surface area contributed by atoms with Crippen LogP contribution in [0.3, 0.4) is 0 Å². The van der Waals surface area contributed by atoms with Gasteiger partial charge in [0.1, 0.15) is 0 Å². The van der Waals surface area contributed by atoms with Crippen molar-refractivity contribution in [3.05, 3.63) is 24.0 Å². The number of halogens is 3. The van der Waals surface area contributed by atoms with E-state index >= 15 is 0 Å². The van der Waals surface area contributed by atoms with Gasteiger partial charge in [-0.05, 0) is 25.0 Å². The lowest BCUT2D eigenvalue weighted by molar-refractivity contribution is -0.148. The van der Waals surface area contributed by atoms with Gasteiger partial charge in [0.15, 0.2) is 0 Å². The summed E-state index contributed by atoms with van der Waals surface area (Å²) in [6.45, 7) is -0.732. The van der Waals surface area contributed by atoms with E-state index in [2.05, 4.69) is 4.98 Å². The summed E-state index contributed by atoms with van der Waals surface area (Å²) in [6.07, 6.45) is -0.984. The Balaban J connectivity index is 2.05. The molecule has 6 heteroatoms. The molecule has 3 nitrogen and oxygen atoms in total. The van der Waals surface area contributed by atoms with Crippen LogP contribution < -0.4 is 5.73 Å². The smallest absolute Gasteiger partial charge is 0.397 e. The predicted molar refractivity (Wildman–Crippen MR) is 58.1 cm³/mol. The third kappa shape index (κ3) is 3.59. The van der Waals surface area contributed by atoms with E-state index < -0.39 is 12.7 Å². The zero-order valence-corrected chi connectivity index (χ0v) is 9.24. The van der Waals surface area contributed by atoms with Gasteiger partial charge in [0.2, 0.25) is 0 Å². The second kappa shape index (κ2) is 4.52. The molecule has 1 saturated carbocycles. The van der Waals surface area contributed by atoms with Gasteiger partial charge in [-0.25, -0.2) is 0 Å². The molecular weight excluding hydrogens is 231 g/mol. The number of nitrogens with zero attached hydrogens (tertiary/aromatic N) is 2.